The van der Waals surface area contributed by atoms with Gasteiger partial charge in [0.1, 0.15) is 11.5 Å². The first-order chi connectivity index (χ1) is 9.76. The topological polar surface area (TPSA) is 77.0 Å². The zero-order valence-electron chi connectivity index (χ0n) is 11.0. The Labute approximate surface area is 119 Å². The molecule has 104 valence electrons. The highest BCUT2D eigenvalue weighted by Crippen LogP contribution is 2.26. The molecule has 3 aromatic heterocycles. The zero-order chi connectivity index (χ0) is 13.9. The SMILES string of the molecule is Cc1oc(-c2cccs2)nc1Cn1cc(CCO)nn1. The van der Waals surface area contributed by atoms with Crippen molar-refractivity contribution < 1.29 is 9.52 Å². The van der Waals surface area contributed by atoms with Gasteiger partial charge in [-0.2, -0.15) is 0 Å². The van der Waals surface area contributed by atoms with Crippen molar-refractivity contribution >= 4 is 11.3 Å². The van der Waals surface area contributed by atoms with Gasteiger partial charge in [0.15, 0.2) is 0 Å². The summed E-state index contributed by atoms with van der Waals surface area (Å²) in [4.78, 5) is 5.52. The number of hydrogen-bond donors (Lipinski definition) is 1. The largest absolute Gasteiger partial charge is 0.440 e. The molecule has 3 heterocycles. The van der Waals surface area contributed by atoms with E-state index in [9.17, 15) is 0 Å². The minimum absolute atomic E-state index is 0.0736. The first-order valence-corrected chi connectivity index (χ1v) is 7.14. The van der Waals surface area contributed by atoms with Gasteiger partial charge in [-0.15, -0.1) is 16.4 Å². The molecule has 7 heteroatoms. The van der Waals surface area contributed by atoms with E-state index in [4.69, 9.17) is 9.52 Å². The zero-order valence-corrected chi connectivity index (χ0v) is 11.8. The number of oxazole rings is 1. The second-order valence-corrected chi connectivity index (χ2v) is 5.33. The van der Waals surface area contributed by atoms with Crippen molar-refractivity contribution in [2.45, 2.75) is 19.9 Å². The fourth-order valence-electron chi connectivity index (χ4n) is 1.88. The van der Waals surface area contributed by atoms with Crippen molar-refractivity contribution in [3.8, 4) is 10.8 Å². The average Bonchev–Trinajstić information content (AvgIpc) is 3.13. The van der Waals surface area contributed by atoms with Crippen LogP contribution in [0.3, 0.4) is 0 Å². The van der Waals surface area contributed by atoms with Crippen molar-refractivity contribution in [1.29, 1.82) is 0 Å². The Hall–Kier alpha value is -1.99. The molecule has 20 heavy (non-hydrogen) atoms. The van der Waals surface area contributed by atoms with E-state index in [0.29, 0.717) is 18.9 Å². The van der Waals surface area contributed by atoms with E-state index in [-0.39, 0.29) is 6.61 Å². The highest BCUT2D eigenvalue weighted by molar-refractivity contribution is 7.13. The van der Waals surface area contributed by atoms with Crippen LogP contribution in [0.4, 0.5) is 0 Å². The van der Waals surface area contributed by atoms with E-state index in [1.807, 2.05) is 30.6 Å². The third-order valence-electron chi connectivity index (χ3n) is 2.89. The molecule has 0 aliphatic heterocycles. The minimum Gasteiger partial charge on any atom is -0.440 e. The maximum absolute atomic E-state index is 8.87. The number of aliphatic hydroxyl groups is 1. The van der Waals surface area contributed by atoms with E-state index in [1.54, 1.807) is 16.0 Å². The lowest BCUT2D eigenvalue weighted by molar-refractivity contribution is 0.298. The molecule has 0 saturated heterocycles. The van der Waals surface area contributed by atoms with Gasteiger partial charge in [-0.1, -0.05) is 11.3 Å². The molecule has 0 radical (unpaired) electrons. The molecule has 0 amide bonds. The van der Waals surface area contributed by atoms with Gasteiger partial charge in [0.25, 0.3) is 0 Å². The summed E-state index contributed by atoms with van der Waals surface area (Å²) in [5.41, 5.74) is 1.61. The van der Waals surface area contributed by atoms with E-state index >= 15 is 0 Å². The minimum atomic E-state index is 0.0736. The number of nitrogens with zero attached hydrogens (tertiary/aromatic N) is 4. The van der Waals surface area contributed by atoms with Crippen LogP contribution >= 0.6 is 11.3 Å². The summed E-state index contributed by atoms with van der Waals surface area (Å²) in [6.07, 6.45) is 2.33. The number of aromatic nitrogens is 4. The van der Waals surface area contributed by atoms with E-state index < -0.39 is 0 Å². The van der Waals surface area contributed by atoms with E-state index in [2.05, 4.69) is 15.3 Å². The fourth-order valence-corrected chi connectivity index (χ4v) is 2.53. The highest BCUT2D eigenvalue weighted by atomic mass is 32.1. The predicted octanol–water partition coefficient (Wildman–Crippen LogP) is 1.89. The smallest absolute Gasteiger partial charge is 0.236 e. The van der Waals surface area contributed by atoms with Crippen LogP contribution in [-0.4, -0.2) is 31.7 Å². The summed E-state index contributed by atoms with van der Waals surface area (Å²) in [6.45, 7) is 2.48. The van der Waals surface area contributed by atoms with Crippen molar-refractivity contribution in [1.82, 2.24) is 20.0 Å². The van der Waals surface area contributed by atoms with Crippen molar-refractivity contribution in [2.75, 3.05) is 6.61 Å². The molecule has 0 bridgehead atoms. The Balaban J connectivity index is 1.80. The Kier molecular flexibility index (Phi) is 3.62. The summed E-state index contributed by atoms with van der Waals surface area (Å²) >= 11 is 1.60. The lowest BCUT2D eigenvalue weighted by atomic mass is 10.3. The second kappa shape index (κ2) is 5.56. The predicted molar refractivity (Wildman–Crippen MR) is 74.5 cm³/mol. The molecule has 0 aliphatic rings. The molecule has 0 unspecified atom stereocenters. The monoisotopic (exact) mass is 290 g/mol. The summed E-state index contributed by atoms with van der Waals surface area (Å²) in [7, 11) is 0. The van der Waals surface area contributed by atoms with Crippen LogP contribution in [0.25, 0.3) is 10.8 Å². The Morgan fingerprint density at radius 3 is 3.10 bits per heavy atom. The maximum Gasteiger partial charge on any atom is 0.236 e. The normalized spacial score (nSPS) is 11.1. The Bertz CT molecular complexity index is 687. The first-order valence-electron chi connectivity index (χ1n) is 6.26. The lowest BCUT2D eigenvalue weighted by Crippen LogP contribution is -2.02. The van der Waals surface area contributed by atoms with Gasteiger partial charge in [0.2, 0.25) is 5.89 Å². The number of rotatable bonds is 5. The molecular formula is C13H14N4O2S. The molecule has 0 atom stereocenters. The van der Waals surface area contributed by atoms with Crippen molar-refractivity contribution in [3.05, 3.63) is 40.9 Å². The summed E-state index contributed by atoms with van der Waals surface area (Å²) < 4.78 is 7.39. The van der Waals surface area contributed by atoms with Gasteiger partial charge in [-0.25, -0.2) is 9.67 Å². The molecule has 3 rings (SSSR count). The van der Waals surface area contributed by atoms with Crippen LogP contribution in [0.15, 0.2) is 28.1 Å². The molecule has 0 spiro atoms. The average molecular weight is 290 g/mol. The van der Waals surface area contributed by atoms with Crippen LogP contribution < -0.4 is 0 Å². The molecular weight excluding hydrogens is 276 g/mol. The summed E-state index contributed by atoms with van der Waals surface area (Å²) in [6, 6.07) is 3.95. The van der Waals surface area contributed by atoms with Gasteiger partial charge in [0, 0.05) is 19.2 Å². The van der Waals surface area contributed by atoms with Gasteiger partial charge in [-0.3, -0.25) is 0 Å². The Morgan fingerprint density at radius 1 is 1.45 bits per heavy atom. The molecule has 0 fully saturated rings. The van der Waals surface area contributed by atoms with E-state index in [1.165, 1.54) is 0 Å². The van der Waals surface area contributed by atoms with Crippen LogP contribution in [0.1, 0.15) is 17.1 Å². The summed E-state index contributed by atoms with van der Waals surface area (Å²) in [5.74, 6) is 1.43. The quantitative estimate of drug-likeness (QED) is 0.776. The highest BCUT2D eigenvalue weighted by Gasteiger charge is 2.13. The number of aliphatic hydroxyl groups excluding tert-OH is 1. The summed E-state index contributed by atoms with van der Waals surface area (Å²) in [5, 5.41) is 18.9. The third kappa shape index (κ3) is 2.63. The van der Waals surface area contributed by atoms with Gasteiger partial charge in [-0.05, 0) is 18.4 Å². The standard InChI is InChI=1S/C13H14N4O2S/c1-9-11(8-17-7-10(4-5-18)15-16-17)14-13(19-9)12-3-2-6-20-12/h2-3,6-7,18H,4-5,8H2,1H3. The third-order valence-corrected chi connectivity index (χ3v) is 3.75. The Morgan fingerprint density at radius 2 is 2.35 bits per heavy atom. The number of thiophene rings is 1. The number of aryl methyl sites for hydroxylation is 1. The number of hydrogen-bond acceptors (Lipinski definition) is 6. The maximum atomic E-state index is 8.87. The molecule has 0 aromatic carbocycles. The van der Waals surface area contributed by atoms with Gasteiger partial charge < -0.3 is 9.52 Å². The fraction of sp³-hybridized carbons (Fsp3) is 0.308. The molecule has 0 aliphatic carbocycles. The van der Waals surface area contributed by atoms with Gasteiger partial charge >= 0.3 is 0 Å². The van der Waals surface area contributed by atoms with Crippen LogP contribution in [-0.2, 0) is 13.0 Å². The van der Waals surface area contributed by atoms with Crippen molar-refractivity contribution in [3.63, 3.8) is 0 Å². The molecule has 3 aromatic rings. The van der Waals surface area contributed by atoms with Gasteiger partial charge in [0.05, 0.1) is 17.1 Å². The lowest BCUT2D eigenvalue weighted by Gasteiger charge is -1.95. The second-order valence-electron chi connectivity index (χ2n) is 4.38. The van der Waals surface area contributed by atoms with Crippen LogP contribution in [0.2, 0.25) is 0 Å². The molecule has 1 N–H and O–H groups in total. The van der Waals surface area contributed by atoms with Crippen LogP contribution in [0, 0.1) is 6.92 Å². The van der Waals surface area contributed by atoms with Crippen LogP contribution in [0.5, 0.6) is 0 Å². The van der Waals surface area contributed by atoms with E-state index in [0.717, 1.165) is 22.0 Å². The first kappa shape index (κ1) is 13.0. The molecule has 6 nitrogen and oxygen atoms in total. The van der Waals surface area contributed by atoms with Crippen molar-refractivity contribution in [2.24, 2.45) is 0 Å². The molecule has 0 saturated carbocycles.